The molecule has 0 atom stereocenters. The highest BCUT2D eigenvalue weighted by Gasteiger charge is 2.22. The van der Waals surface area contributed by atoms with E-state index in [0.717, 1.165) is 16.6 Å². The Labute approximate surface area is 164 Å². The summed E-state index contributed by atoms with van der Waals surface area (Å²) in [4.78, 5) is 0. The molecular formula is C21H24NO5S+. The van der Waals surface area contributed by atoms with E-state index in [0.29, 0.717) is 30.4 Å². The first-order valence-electron chi connectivity index (χ1n) is 9.15. The third-order valence-electron chi connectivity index (χ3n) is 4.32. The standard InChI is InChI=1S/C21H23NO5S/c1-3-26-16(2)14-21-22(12-7-13-28(23,24)25)19-15-18(10-11-20(19)27-21)17-8-5-4-6-9-17/h4-6,8-11,14-15H,3,7,12-13H2,1-2H3/p+1/b16-14-. The number of oxazole rings is 1. The highest BCUT2D eigenvalue weighted by Crippen LogP contribution is 2.24. The molecule has 148 valence electrons. The molecule has 0 bridgehead atoms. The van der Waals surface area contributed by atoms with Gasteiger partial charge in [-0.05, 0) is 31.0 Å². The van der Waals surface area contributed by atoms with Gasteiger partial charge in [0.2, 0.25) is 5.58 Å². The van der Waals surface area contributed by atoms with E-state index in [1.165, 1.54) is 0 Å². The first kappa shape index (κ1) is 20.1. The second kappa shape index (κ2) is 8.58. The van der Waals surface area contributed by atoms with Gasteiger partial charge in [-0.2, -0.15) is 13.0 Å². The summed E-state index contributed by atoms with van der Waals surface area (Å²) in [5, 5.41) is 0. The van der Waals surface area contributed by atoms with Crippen molar-refractivity contribution in [1.82, 2.24) is 0 Å². The molecule has 0 aliphatic rings. The molecule has 6 nitrogen and oxygen atoms in total. The van der Waals surface area contributed by atoms with Crippen molar-refractivity contribution < 1.29 is 26.7 Å². The number of rotatable bonds is 8. The summed E-state index contributed by atoms with van der Waals surface area (Å²) in [5.41, 5.74) is 3.67. The molecule has 0 amide bonds. The van der Waals surface area contributed by atoms with Gasteiger partial charge in [-0.1, -0.05) is 36.4 Å². The van der Waals surface area contributed by atoms with Gasteiger partial charge in [0.25, 0.3) is 15.6 Å². The van der Waals surface area contributed by atoms with Crippen molar-refractivity contribution in [2.45, 2.75) is 26.8 Å². The van der Waals surface area contributed by atoms with Crippen molar-refractivity contribution in [3.8, 4) is 11.1 Å². The van der Waals surface area contributed by atoms with Gasteiger partial charge < -0.3 is 9.15 Å². The van der Waals surface area contributed by atoms with Gasteiger partial charge in [-0.3, -0.25) is 4.55 Å². The zero-order chi connectivity index (χ0) is 20.1. The molecule has 0 aliphatic carbocycles. The van der Waals surface area contributed by atoms with E-state index in [1.54, 1.807) is 6.08 Å². The Morgan fingerprint density at radius 1 is 1.18 bits per heavy atom. The smallest absolute Gasteiger partial charge is 0.377 e. The molecule has 2 aromatic carbocycles. The molecule has 1 N–H and O–H groups in total. The highest BCUT2D eigenvalue weighted by atomic mass is 32.2. The number of fused-ring (bicyclic) bond motifs is 1. The van der Waals surface area contributed by atoms with Crippen LogP contribution >= 0.6 is 0 Å². The van der Waals surface area contributed by atoms with Crippen LogP contribution in [0.15, 0.2) is 58.7 Å². The summed E-state index contributed by atoms with van der Waals surface area (Å²) in [6.45, 7) is 4.68. The van der Waals surface area contributed by atoms with Gasteiger partial charge in [0, 0.05) is 12.5 Å². The minimum atomic E-state index is -4.01. The molecule has 3 rings (SSSR count). The van der Waals surface area contributed by atoms with Crippen LogP contribution in [0.25, 0.3) is 28.3 Å². The van der Waals surface area contributed by atoms with E-state index in [1.807, 2.05) is 66.9 Å². The largest absolute Gasteiger partial charge is 0.498 e. The maximum atomic E-state index is 11.1. The predicted molar refractivity (Wildman–Crippen MR) is 108 cm³/mol. The molecule has 1 heterocycles. The predicted octanol–water partition coefficient (Wildman–Crippen LogP) is 4.06. The molecule has 0 saturated heterocycles. The number of ether oxygens (including phenoxy) is 1. The van der Waals surface area contributed by atoms with E-state index in [9.17, 15) is 8.42 Å². The number of allylic oxidation sites excluding steroid dienone is 1. The Kier molecular flexibility index (Phi) is 6.16. The fraction of sp³-hybridized carbons (Fsp3) is 0.286. The monoisotopic (exact) mass is 402 g/mol. The van der Waals surface area contributed by atoms with Crippen molar-refractivity contribution in [2.75, 3.05) is 12.4 Å². The highest BCUT2D eigenvalue weighted by molar-refractivity contribution is 7.85. The van der Waals surface area contributed by atoms with E-state index in [2.05, 4.69) is 0 Å². The maximum absolute atomic E-state index is 11.1. The summed E-state index contributed by atoms with van der Waals surface area (Å²) in [5.74, 6) is 0.966. The van der Waals surface area contributed by atoms with Gasteiger partial charge >= 0.3 is 5.89 Å². The van der Waals surface area contributed by atoms with Gasteiger partial charge in [0.15, 0.2) is 6.54 Å². The molecule has 28 heavy (non-hydrogen) atoms. The summed E-state index contributed by atoms with van der Waals surface area (Å²) < 4.78 is 44.6. The van der Waals surface area contributed by atoms with Crippen molar-refractivity contribution in [2.24, 2.45) is 0 Å². The molecule has 0 spiro atoms. The molecule has 1 aromatic heterocycles. The molecule has 7 heteroatoms. The third-order valence-corrected chi connectivity index (χ3v) is 5.12. The molecule has 3 aromatic rings. The SMILES string of the molecule is CCO/C(C)=C\c1oc2ccc(-c3ccccc3)cc2[n+]1CCCS(=O)(=O)O. The van der Waals surface area contributed by atoms with Crippen LogP contribution in [0.5, 0.6) is 0 Å². The molecule has 0 fully saturated rings. The topological polar surface area (TPSA) is 80.6 Å². The maximum Gasteiger partial charge on any atom is 0.377 e. The summed E-state index contributed by atoms with van der Waals surface area (Å²) in [6.07, 6.45) is 2.06. The minimum absolute atomic E-state index is 0.266. The van der Waals surface area contributed by atoms with E-state index < -0.39 is 10.1 Å². The Hall–Kier alpha value is -2.64. The van der Waals surface area contributed by atoms with Crippen LogP contribution in [0.1, 0.15) is 26.2 Å². The van der Waals surface area contributed by atoms with Crippen LogP contribution in [0.2, 0.25) is 0 Å². The second-order valence-electron chi connectivity index (χ2n) is 6.47. The van der Waals surface area contributed by atoms with Crippen LogP contribution in [0.4, 0.5) is 0 Å². The summed E-state index contributed by atoms with van der Waals surface area (Å²) in [7, 11) is -4.01. The number of benzene rings is 2. The zero-order valence-corrected chi connectivity index (χ0v) is 16.8. The average Bonchev–Trinajstić information content (AvgIpc) is 2.98. The lowest BCUT2D eigenvalue weighted by Crippen LogP contribution is -2.36. The van der Waals surface area contributed by atoms with Gasteiger partial charge in [-0.15, -0.1) is 0 Å². The first-order chi connectivity index (χ1) is 13.4. The van der Waals surface area contributed by atoms with Gasteiger partial charge in [0.05, 0.1) is 18.4 Å². The number of aromatic nitrogens is 1. The van der Waals surface area contributed by atoms with Crippen LogP contribution in [0.3, 0.4) is 0 Å². The molecule has 0 unspecified atom stereocenters. The average molecular weight is 402 g/mol. The molecule has 0 saturated carbocycles. The first-order valence-corrected chi connectivity index (χ1v) is 10.8. The van der Waals surface area contributed by atoms with Crippen LogP contribution in [-0.4, -0.2) is 25.3 Å². The van der Waals surface area contributed by atoms with Crippen molar-refractivity contribution in [1.29, 1.82) is 0 Å². The summed E-state index contributed by atoms with van der Waals surface area (Å²) >= 11 is 0. The Morgan fingerprint density at radius 3 is 2.61 bits per heavy atom. The lowest BCUT2D eigenvalue weighted by Gasteiger charge is -2.01. The number of nitrogens with zero attached hydrogens (tertiary/aromatic N) is 1. The quantitative estimate of drug-likeness (QED) is 0.349. The number of aryl methyl sites for hydroxylation is 1. The lowest BCUT2D eigenvalue weighted by atomic mass is 10.1. The van der Waals surface area contributed by atoms with Crippen LogP contribution in [0, 0.1) is 0 Å². The Balaban J connectivity index is 2.05. The second-order valence-corrected chi connectivity index (χ2v) is 8.04. The Morgan fingerprint density at radius 2 is 1.93 bits per heavy atom. The van der Waals surface area contributed by atoms with Crippen molar-refractivity contribution in [3.05, 3.63) is 60.2 Å². The molecular weight excluding hydrogens is 378 g/mol. The summed E-state index contributed by atoms with van der Waals surface area (Å²) in [6, 6.07) is 15.9. The number of hydrogen-bond acceptors (Lipinski definition) is 4. The fourth-order valence-electron chi connectivity index (χ4n) is 3.10. The number of hydrogen-bond donors (Lipinski definition) is 1. The van der Waals surface area contributed by atoms with E-state index in [4.69, 9.17) is 13.7 Å². The van der Waals surface area contributed by atoms with Crippen molar-refractivity contribution >= 4 is 27.3 Å². The van der Waals surface area contributed by atoms with E-state index in [-0.39, 0.29) is 12.2 Å². The van der Waals surface area contributed by atoms with Gasteiger partial charge in [-0.25, -0.2) is 0 Å². The zero-order valence-electron chi connectivity index (χ0n) is 16.0. The Bertz CT molecular complexity index is 1080. The van der Waals surface area contributed by atoms with Crippen molar-refractivity contribution in [3.63, 3.8) is 0 Å². The third kappa shape index (κ3) is 4.99. The van der Waals surface area contributed by atoms with Gasteiger partial charge in [0.1, 0.15) is 5.76 Å². The van der Waals surface area contributed by atoms with Crippen LogP contribution < -0.4 is 4.57 Å². The minimum Gasteiger partial charge on any atom is -0.498 e. The lowest BCUT2D eigenvalue weighted by molar-refractivity contribution is -0.677. The van der Waals surface area contributed by atoms with E-state index >= 15 is 0 Å². The van der Waals surface area contributed by atoms with Crippen LogP contribution in [-0.2, 0) is 21.4 Å². The molecule has 0 aliphatic heterocycles. The molecule has 0 radical (unpaired) electrons. The normalized spacial score (nSPS) is 12.5. The fourth-order valence-corrected chi connectivity index (χ4v) is 3.59.